The third-order valence-electron chi connectivity index (χ3n) is 4.35. The van der Waals surface area contributed by atoms with E-state index in [-0.39, 0.29) is 11.8 Å². The largest absolute Gasteiger partial charge is 0.481 e. The second kappa shape index (κ2) is 7.51. The molecule has 19 heavy (non-hydrogen) atoms. The molecule has 110 valence electrons. The van der Waals surface area contributed by atoms with Crippen molar-refractivity contribution >= 4 is 11.9 Å². The van der Waals surface area contributed by atoms with Crippen LogP contribution in [-0.4, -0.2) is 35.0 Å². The van der Waals surface area contributed by atoms with Crippen LogP contribution in [0.1, 0.15) is 52.9 Å². The van der Waals surface area contributed by atoms with Crippen LogP contribution in [0.2, 0.25) is 0 Å². The molecule has 0 bridgehead atoms. The lowest BCUT2D eigenvalue weighted by molar-refractivity contribution is -0.149. The third kappa shape index (κ3) is 3.95. The molecule has 1 aliphatic rings. The number of hydrogen-bond donors (Lipinski definition) is 1. The SMILES string of the molecule is CCCCN(CC)C(=O)[C@H]1CC(CC)C[C@H]1C(=O)O. The van der Waals surface area contributed by atoms with Gasteiger partial charge in [0.2, 0.25) is 5.91 Å². The van der Waals surface area contributed by atoms with E-state index < -0.39 is 11.9 Å². The van der Waals surface area contributed by atoms with Gasteiger partial charge in [-0.25, -0.2) is 0 Å². The number of unbranched alkanes of at least 4 members (excludes halogenated alkanes) is 1. The van der Waals surface area contributed by atoms with Crippen LogP contribution in [0, 0.1) is 17.8 Å². The van der Waals surface area contributed by atoms with Crippen molar-refractivity contribution in [3.8, 4) is 0 Å². The van der Waals surface area contributed by atoms with Crippen molar-refractivity contribution in [3.63, 3.8) is 0 Å². The van der Waals surface area contributed by atoms with E-state index in [1.54, 1.807) is 0 Å². The Balaban J connectivity index is 2.74. The van der Waals surface area contributed by atoms with E-state index in [1.807, 2.05) is 11.8 Å². The summed E-state index contributed by atoms with van der Waals surface area (Å²) in [7, 11) is 0. The molecule has 0 aliphatic heterocycles. The second-order valence-electron chi connectivity index (χ2n) is 5.57. The lowest BCUT2D eigenvalue weighted by Gasteiger charge is -2.26. The molecular formula is C15H27NO3. The van der Waals surface area contributed by atoms with Gasteiger partial charge in [0.1, 0.15) is 0 Å². The Morgan fingerprint density at radius 3 is 2.26 bits per heavy atom. The molecule has 0 radical (unpaired) electrons. The molecule has 1 unspecified atom stereocenters. The number of hydrogen-bond acceptors (Lipinski definition) is 2. The second-order valence-corrected chi connectivity index (χ2v) is 5.57. The predicted molar refractivity (Wildman–Crippen MR) is 74.8 cm³/mol. The topological polar surface area (TPSA) is 57.6 Å². The number of aliphatic carboxylic acids is 1. The summed E-state index contributed by atoms with van der Waals surface area (Å²) in [5.41, 5.74) is 0. The van der Waals surface area contributed by atoms with E-state index in [4.69, 9.17) is 0 Å². The van der Waals surface area contributed by atoms with Gasteiger partial charge in [-0.15, -0.1) is 0 Å². The van der Waals surface area contributed by atoms with Crippen LogP contribution in [0.25, 0.3) is 0 Å². The summed E-state index contributed by atoms with van der Waals surface area (Å²) in [5, 5.41) is 9.31. The minimum Gasteiger partial charge on any atom is -0.481 e. The molecular weight excluding hydrogens is 242 g/mol. The van der Waals surface area contributed by atoms with Crippen molar-refractivity contribution in [3.05, 3.63) is 0 Å². The minimum atomic E-state index is -0.805. The highest BCUT2D eigenvalue weighted by Crippen LogP contribution is 2.39. The zero-order chi connectivity index (χ0) is 14.4. The van der Waals surface area contributed by atoms with Gasteiger partial charge in [0, 0.05) is 13.1 Å². The van der Waals surface area contributed by atoms with Gasteiger partial charge in [-0.3, -0.25) is 9.59 Å². The smallest absolute Gasteiger partial charge is 0.307 e. The fraction of sp³-hybridized carbons (Fsp3) is 0.867. The summed E-state index contributed by atoms with van der Waals surface area (Å²) < 4.78 is 0. The van der Waals surface area contributed by atoms with Gasteiger partial charge in [-0.05, 0) is 32.1 Å². The standard InChI is InChI=1S/C15H27NO3/c1-4-7-8-16(6-3)14(17)12-9-11(5-2)10-13(12)15(18)19/h11-13H,4-10H2,1-3H3,(H,18,19)/t11?,12-,13+/m0/s1. The molecule has 1 saturated carbocycles. The molecule has 1 aliphatic carbocycles. The maximum absolute atomic E-state index is 12.5. The van der Waals surface area contributed by atoms with Crippen LogP contribution >= 0.6 is 0 Å². The summed E-state index contributed by atoms with van der Waals surface area (Å²) in [6.07, 6.45) is 4.41. The number of carbonyl (C=O) groups is 2. The van der Waals surface area contributed by atoms with Gasteiger partial charge >= 0.3 is 5.97 Å². The summed E-state index contributed by atoms with van der Waals surface area (Å²) in [5.74, 6) is -1.15. The molecule has 1 amide bonds. The Hall–Kier alpha value is -1.06. The first-order valence-electron chi connectivity index (χ1n) is 7.56. The van der Waals surface area contributed by atoms with E-state index in [2.05, 4.69) is 13.8 Å². The maximum atomic E-state index is 12.5. The molecule has 0 aromatic carbocycles. The van der Waals surface area contributed by atoms with Gasteiger partial charge in [-0.2, -0.15) is 0 Å². The summed E-state index contributed by atoms with van der Waals surface area (Å²) >= 11 is 0. The minimum absolute atomic E-state index is 0.0549. The zero-order valence-corrected chi connectivity index (χ0v) is 12.4. The molecule has 0 saturated heterocycles. The Labute approximate surface area is 116 Å². The third-order valence-corrected chi connectivity index (χ3v) is 4.35. The molecule has 1 N–H and O–H groups in total. The van der Waals surface area contributed by atoms with Crippen molar-refractivity contribution in [2.45, 2.75) is 52.9 Å². The summed E-state index contributed by atoms with van der Waals surface area (Å²) in [6, 6.07) is 0. The first-order chi connectivity index (χ1) is 9.04. The van der Waals surface area contributed by atoms with E-state index in [1.165, 1.54) is 0 Å². The van der Waals surface area contributed by atoms with Crippen molar-refractivity contribution in [1.82, 2.24) is 4.90 Å². The van der Waals surface area contributed by atoms with Gasteiger partial charge in [0.05, 0.1) is 11.8 Å². The monoisotopic (exact) mass is 269 g/mol. The number of carboxylic acid groups (broad SMARTS) is 1. The molecule has 1 fully saturated rings. The number of carbonyl (C=O) groups excluding carboxylic acids is 1. The van der Waals surface area contributed by atoms with E-state index in [0.717, 1.165) is 32.2 Å². The Bertz CT molecular complexity index is 317. The Kier molecular flexibility index (Phi) is 6.32. The molecule has 4 heteroatoms. The van der Waals surface area contributed by atoms with Crippen molar-refractivity contribution in [2.24, 2.45) is 17.8 Å². The van der Waals surface area contributed by atoms with Crippen LogP contribution in [0.4, 0.5) is 0 Å². The lowest BCUT2D eigenvalue weighted by Crippen LogP contribution is -2.39. The number of rotatable bonds is 7. The number of carboxylic acids is 1. The molecule has 3 atom stereocenters. The summed E-state index contributed by atoms with van der Waals surface area (Å²) in [4.78, 5) is 25.7. The highest BCUT2D eigenvalue weighted by atomic mass is 16.4. The Morgan fingerprint density at radius 2 is 1.79 bits per heavy atom. The molecule has 0 aromatic heterocycles. The van der Waals surface area contributed by atoms with E-state index >= 15 is 0 Å². The molecule has 1 rings (SSSR count). The van der Waals surface area contributed by atoms with Crippen LogP contribution in [0.5, 0.6) is 0 Å². The van der Waals surface area contributed by atoms with Gasteiger partial charge in [0.15, 0.2) is 0 Å². The maximum Gasteiger partial charge on any atom is 0.307 e. The highest BCUT2D eigenvalue weighted by molar-refractivity contribution is 5.85. The van der Waals surface area contributed by atoms with Gasteiger partial charge < -0.3 is 10.0 Å². The molecule has 4 nitrogen and oxygen atoms in total. The lowest BCUT2D eigenvalue weighted by atomic mass is 9.94. The van der Waals surface area contributed by atoms with Gasteiger partial charge in [0.25, 0.3) is 0 Å². The Morgan fingerprint density at radius 1 is 1.16 bits per heavy atom. The number of amides is 1. The van der Waals surface area contributed by atoms with Crippen molar-refractivity contribution < 1.29 is 14.7 Å². The molecule has 0 heterocycles. The number of nitrogens with zero attached hydrogens (tertiary/aromatic N) is 1. The average Bonchev–Trinajstić information content (AvgIpc) is 2.83. The van der Waals surface area contributed by atoms with Crippen LogP contribution in [-0.2, 0) is 9.59 Å². The normalized spacial score (nSPS) is 26.4. The highest BCUT2D eigenvalue weighted by Gasteiger charge is 2.43. The first-order valence-corrected chi connectivity index (χ1v) is 7.56. The van der Waals surface area contributed by atoms with Crippen LogP contribution in [0.15, 0.2) is 0 Å². The predicted octanol–water partition coefficient (Wildman–Crippen LogP) is 2.77. The van der Waals surface area contributed by atoms with E-state index in [0.29, 0.717) is 18.9 Å². The first kappa shape index (κ1) is 16.0. The fourth-order valence-corrected chi connectivity index (χ4v) is 3.03. The van der Waals surface area contributed by atoms with Crippen LogP contribution in [0.3, 0.4) is 0 Å². The van der Waals surface area contributed by atoms with Crippen molar-refractivity contribution in [2.75, 3.05) is 13.1 Å². The summed E-state index contributed by atoms with van der Waals surface area (Å²) in [6.45, 7) is 7.58. The molecule has 0 spiro atoms. The zero-order valence-electron chi connectivity index (χ0n) is 12.4. The van der Waals surface area contributed by atoms with Gasteiger partial charge in [-0.1, -0.05) is 26.7 Å². The fourth-order valence-electron chi connectivity index (χ4n) is 3.03. The quantitative estimate of drug-likeness (QED) is 0.773. The average molecular weight is 269 g/mol. The van der Waals surface area contributed by atoms with Crippen molar-refractivity contribution in [1.29, 1.82) is 0 Å². The van der Waals surface area contributed by atoms with Crippen LogP contribution < -0.4 is 0 Å². The van der Waals surface area contributed by atoms with E-state index in [9.17, 15) is 14.7 Å². The molecule has 0 aromatic rings.